The molecule has 3 amide bonds. The second-order valence-electron chi connectivity index (χ2n) is 13.7. The lowest BCUT2D eigenvalue weighted by atomic mass is 9.70. The number of hydrogen-bond acceptors (Lipinski definition) is 7. The topological polar surface area (TPSA) is 117 Å². The van der Waals surface area contributed by atoms with Gasteiger partial charge in [-0.25, -0.2) is 0 Å². The number of esters is 1. The minimum Gasteiger partial charge on any atom is -0.455 e. The zero-order valence-corrected chi connectivity index (χ0v) is 29.2. The molecule has 1 N–H and O–H groups in total. The van der Waals surface area contributed by atoms with Crippen LogP contribution in [0.1, 0.15) is 62.3 Å². The first-order valence-corrected chi connectivity index (χ1v) is 17.1. The van der Waals surface area contributed by atoms with Crippen molar-refractivity contribution >= 4 is 29.4 Å². The summed E-state index contributed by atoms with van der Waals surface area (Å²) in [5.74, 6) is -3.44. The van der Waals surface area contributed by atoms with Crippen molar-refractivity contribution < 1.29 is 33.8 Å². The van der Waals surface area contributed by atoms with Crippen LogP contribution in [0.4, 0.5) is 5.69 Å². The SMILES string of the molecule is C=CCCC(=O)N(C)[C@@H](C)[C@@H](OC(=O)[C@@H]1[C@@H]2CC[C@]3(O2)[C@H](C(=O)N(CC=C)c2cc(C)ccc2C)N([C@H](C)CO)C(=O)[C@@H]13)c1ccccc1. The molecule has 262 valence electrons. The largest absolute Gasteiger partial charge is 0.455 e. The van der Waals surface area contributed by atoms with E-state index in [9.17, 15) is 24.3 Å². The Labute approximate surface area is 289 Å². The molecule has 3 heterocycles. The van der Waals surface area contributed by atoms with Gasteiger partial charge in [0.25, 0.3) is 5.91 Å². The summed E-state index contributed by atoms with van der Waals surface area (Å²) in [5.41, 5.74) is 1.98. The number of rotatable bonds is 14. The van der Waals surface area contributed by atoms with Crippen molar-refractivity contribution in [2.75, 3.05) is 25.1 Å². The average molecular weight is 672 g/mol. The molecule has 0 aromatic heterocycles. The number of hydrogen-bond donors (Lipinski definition) is 1. The number of aryl methyl sites for hydroxylation is 2. The molecule has 10 nitrogen and oxygen atoms in total. The molecule has 2 aromatic carbocycles. The number of aliphatic hydroxyl groups excluding tert-OH is 1. The molecule has 3 aliphatic rings. The molecular weight excluding hydrogens is 622 g/mol. The number of fused-ring (bicyclic) bond motifs is 1. The van der Waals surface area contributed by atoms with Gasteiger partial charge in [0.2, 0.25) is 11.8 Å². The number of ether oxygens (including phenoxy) is 2. The Balaban J connectivity index is 1.51. The molecule has 1 spiro atoms. The maximum Gasteiger partial charge on any atom is 0.313 e. The minimum atomic E-state index is -1.28. The van der Waals surface area contributed by atoms with Crippen molar-refractivity contribution in [2.45, 2.75) is 89.3 Å². The molecule has 5 rings (SSSR count). The molecule has 0 unspecified atom stereocenters. The van der Waals surface area contributed by atoms with E-state index in [1.165, 1.54) is 4.90 Å². The van der Waals surface area contributed by atoms with E-state index < -0.39 is 59.6 Å². The summed E-state index contributed by atoms with van der Waals surface area (Å²) >= 11 is 0. The highest BCUT2D eigenvalue weighted by Crippen LogP contribution is 2.59. The van der Waals surface area contributed by atoms with Gasteiger partial charge >= 0.3 is 5.97 Å². The van der Waals surface area contributed by atoms with E-state index in [1.54, 1.807) is 35.9 Å². The molecule has 3 fully saturated rings. The van der Waals surface area contributed by atoms with Crippen LogP contribution in [-0.4, -0.2) is 88.6 Å². The van der Waals surface area contributed by atoms with Crippen molar-refractivity contribution in [3.63, 3.8) is 0 Å². The first-order chi connectivity index (χ1) is 23.4. The van der Waals surface area contributed by atoms with E-state index in [2.05, 4.69) is 13.2 Å². The Kier molecular flexibility index (Phi) is 10.8. The number of aliphatic hydroxyl groups is 1. The lowest BCUT2D eigenvalue weighted by Gasteiger charge is -2.38. The number of carbonyl (C=O) groups excluding carboxylic acids is 4. The highest BCUT2D eigenvalue weighted by atomic mass is 16.6. The van der Waals surface area contributed by atoms with Gasteiger partial charge in [0, 0.05) is 25.7 Å². The van der Waals surface area contributed by atoms with Crippen molar-refractivity contribution in [1.29, 1.82) is 0 Å². The van der Waals surface area contributed by atoms with Gasteiger partial charge in [-0.2, -0.15) is 0 Å². The summed E-state index contributed by atoms with van der Waals surface area (Å²) in [7, 11) is 1.69. The van der Waals surface area contributed by atoms with Crippen molar-refractivity contribution in [1.82, 2.24) is 9.80 Å². The fraction of sp³-hybridized carbons (Fsp3) is 0.487. The van der Waals surface area contributed by atoms with E-state index in [-0.39, 0.29) is 31.4 Å². The van der Waals surface area contributed by atoms with Crippen molar-refractivity contribution in [2.24, 2.45) is 11.8 Å². The van der Waals surface area contributed by atoms with E-state index in [1.807, 2.05) is 69.3 Å². The van der Waals surface area contributed by atoms with E-state index in [0.717, 1.165) is 11.1 Å². The van der Waals surface area contributed by atoms with Crippen LogP contribution in [0.3, 0.4) is 0 Å². The second-order valence-corrected chi connectivity index (χ2v) is 13.7. The van der Waals surface area contributed by atoms with Gasteiger partial charge in [0.1, 0.15) is 17.7 Å². The molecular formula is C39H49N3O7. The third-order valence-electron chi connectivity index (χ3n) is 10.6. The Bertz CT molecular complexity index is 1590. The highest BCUT2D eigenvalue weighted by Gasteiger charge is 2.75. The molecule has 0 saturated carbocycles. The first-order valence-electron chi connectivity index (χ1n) is 17.1. The van der Waals surface area contributed by atoms with E-state index in [0.29, 0.717) is 30.5 Å². The van der Waals surface area contributed by atoms with Gasteiger partial charge in [-0.1, -0.05) is 54.6 Å². The fourth-order valence-corrected chi connectivity index (χ4v) is 7.92. The van der Waals surface area contributed by atoms with Crippen LogP contribution in [0.5, 0.6) is 0 Å². The maximum atomic E-state index is 14.8. The number of anilines is 1. The molecule has 3 aliphatic heterocycles. The van der Waals surface area contributed by atoms with Crippen LogP contribution in [-0.2, 0) is 28.7 Å². The van der Waals surface area contributed by atoms with Crippen LogP contribution in [0.2, 0.25) is 0 Å². The quantitative estimate of drug-likeness (QED) is 0.229. The van der Waals surface area contributed by atoms with Gasteiger partial charge in [0.05, 0.1) is 36.6 Å². The Morgan fingerprint density at radius 3 is 2.49 bits per heavy atom. The van der Waals surface area contributed by atoms with Crippen LogP contribution in [0.15, 0.2) is 73.8 Å². The smallest absolute Gasteiger partial charge is 0.313 e. The minimum absolute atomic E-state index is 0.111. The standard InChI is InChI=1S/C39H49N3O7/c1-8-10-16-31(44)40(7)27(6)34(28-14-12-11-13-15-28)48-38(47)32-30-19-20-39(49-30)33(32)36(45)42(26(5)23-43)35(39)37(46)41(21-9-2)29-22-24(3)17-18-25(29)4/h8-9,11-15,17-18,22,26-27,30,32-35,43H,1-2,10,16,19-21,23H2,3-7H3/t26-,27+,30+,32-,33-,34-,35+,39-/m1/s1. The van der Waals surface area contributed by atoms with Crippen molar-refractivity contribution in [3.8, 4) is 0 Å². The summed E-state index contributed by atoms with van der Waals surface area (Å²) in [6.45, 7) is 14.8. The molecule has 49 heavy (non-hydrogen) atoms. The zero-order chi connectivity index (χ0) is 35.6. The Hall–Kier alpha value is -4.28. The molecule has 2 bridgehead atoms. The average Bonchev–Trinajstić information content (AvgIpc) is 3.76. The van der Waals surface area contributed by atoms with E-state index >= 15 is 0 Å². The fourth-order valence-electron chi connectivity index (χ4n) is 7.92. The number of allylic oxidation sites excluding steroid dienone is 1. The number of nitrogens with zero attached hydrogens (tertiary/aromatic N) is 3. The molecule has 8 atom stereocenters. The van der Waals surface area contributed by atoms with Gasteiger partial charge in [0.15, 0.2) is 0 Å². The molecule has 0 aliphatic carbocycles. The number of likely N-dealkylation sites (N-methyl/N-ethyl adjacent to an activating group) is 1. The third-order valence-corrected chi connectivity index (χ3v) is 10.6. The van der Waals surface area contributed by atoms with E-state index in [4.69, 9.17) is 9.47 Å². The van der Waals surface area contributed by atoms with Crippen molar-refractivity contribution in [3.05, 3.63) is 90.5 Å². The van der Waals surface area contributed by atoms with Crippen LogP contribution in [0, 0.1) is 25.7 Å². The monoisotopic (exact) mass is 671 g/mol. The number of amides is 3. The van der Waals surface area contributed by atoms with Gasteiger partial charge in [-0.05, 0) is 69.7 Å². The molecule has 2 aromatic rings. The molecule has 3 saturated heterocycles. The summed E-state index contributed by atoms with van der Waals surface area (Å²) < 4.78 is 13.0. The predicted octanol–water partition coefficient (Wildman–Crippen LogP) is 4.68. The third kappa shape index (κ3) is 6.44. The summed E-state index contributed by atoms with van der Waals surface area (Å²) in [6.07, 6.45) is 3.54. The predicted molar refractivity (Wildman–Crippen MR) is 186 cm³/mol. The number of carbonyl (C=O) groups is 4. The Morgan fingerprint density at radius 1 is 1.12 bits per heavy atom. The number of likely N-dealkylation sites (tertiary alicyclic amines) is 1. The lowest BCUT2D eigenvalue weighted by molar-refractivity contribution is -0.165. The maximum absolute atomic E-state index is 14.8. The Morgan fingerprint density at radius 2 is 1.84 bits per heavy atom. The van der Waals surface area contributed by atoms with Crippen LogP contribution in [0.25, 0.3) is 0 Å². The number of benzene rings is 2. The van der Waals surface area contributed by atoms with Gasteiger partial charge in [-0.15, -0.1) is 13.2 Å². The summed E-state index contributed by atoms with van der Waals surface area (Å²) in [5, 5.41) is 10.3. The molecule has 0 radical (unpaired) electrons. The second kappa shape index (κ2) is 14.7. The van der Waals surface area contributed by atoms with Gasteiger partial charge in [-0.3, -0.25) is 19.2 Å². The summed E-state index contributed by atoms with van der Waals surface area (Å²) in [4.78, 5) is 61.3. The summed E-state index contributed by atoms with van der Waals surface area (Å²) in [6, 6.07) is 12.8. The normalized spacial score (nSPS) is 25.7. The lowest BCUT2D eigenvalue weighted by Crippen LogP contribution is -2.58. The van der Waals surface area contributed by atoms with Gasteiger partial charge < -0.3 is 29.3 Å². The highest BCUT2D eigenvalue weighted by molar-refractivity contribution is 6.05. The zero-order valence-electron chi connectivity index (χ0n) is 29.2. The first kappa shape index (κ1) is 36.0. The molecule has 10 heteroatoms. The van der Waals surface area contributed by atoms with Crippen LogP contribution >= 0.6 is 0 Å². The van der Waals surface area contributed by atoms with Crippen LogP contribution < -0.4 is 4.90 Å².